The van der Waals surface area contributed by atoms with Gasteiger partial charge >= 0.3 is 0 Å². The Kier molecular flexibility index (Phi) is 7.29. The molecule has 1 aliphatic heterocycles. The summed E-state index contributed by atoms with van der Waals surface area (Å²) in [5.41, 5.74) is 10.00. The van der Waals surface area contributed by atoms with Crippen LogP contribution in [0.5, 0.6) is 0 Å². The van der Waals surface area contributed by atoms with E-state index < -0.39 is 0 Å². The number of hydrogen-bond acceptors (Lipinski definition) is 1. The maximum atomic E-state index is 2.72. The molecule has 1 unspecified atom stereocenters. The van der Waals surface area contributed by atoms with Crippen LogP contribution in [0.25, 0.3) is 17.7 Å². The van der Waals surface area contributed by atoms with Crippen molar-refractivity contribution in [2.24, 2.45) is 0 Å². The summed E-state index contributed by atoms with van der Waals surface area (Å²) in [7, 11) is 0. The Morgan fingerprint density at radius 1 is 0.719 bits per heavy atom. The van der Waals surface area contributed by atoms with Gasteiger partial charge in [0, 0.05) is 19.1 Å². The third-order valence-corrected chi connectivity index (χ3v) is 6.85. The first-order valence-corrected chi connectivity index (χ1v) is 11.7. The highest BCUT2D eigenvalue weighted by Gasteiger charge is 2.26. The molecule has 3 aromatic rings. The first-order chi connectivity index (χ1) is 15.3. The van der Waals surface area contributed by atoms with Crippen LogP contribution in [0, 0.1) is 0 Å². The average Bonchev–Trinajstić information content (AvgIpc) is 3.00. The zero-order chi connectivity index (χ0) is 21.0. The molecule has 0 bridgehead atoms. The van der Waals surface area contributed by atoms with Crippen molar-refractivity contribution in [3.8, 4) is 0 Å². The van der Waals surface area contributed by atoms with Gasteiger partial charge in [-0.3, -0.25) is 4.90 Å². The lowest BCUT2D eigenvalue weighted by Crippen LogP contribution is -2.34. The smallest absolute Gasteiger partial charge is 0.0348 e. The Morgan fingerprint density at radius 2 is 1.25 bits per heavy atom. The number of likely N-dealkylation sites (tertiary alicyclic amines) is 1. The van der Waals surface area contributed by atoms with E-state index in [-0.39, 0.29) is 12.4 Å². The second kappa shape index (κ2) is 10.3. The van der Waals surface area contributed by atoms with E-state index in [1.165, 1.54) is 46.2 Å². The van der Waals surface area contributed by atoms with Crippen molar-refractivity contribution in [1.29, 1.82) is 0 Å². The Hall–Kier alpha value is -2.61. The number of nitrogens with zero attached hydrogens (tertiary/aromatic N) is 1. The number of halogens is 1. The van der Waals surface area contributed by atoms with Gasteiger partial charge in [-0.05, 0) is 52.7 Å². The molecule has 0 amide bonds. The molecule has 1 saturated heterocycles. The topological polar surface area (TPSA) is 3.24 Å². The lowest BCUT2D eigenvalue weighted by molar-refractivity contribution is 0.174. The Morgan fingerprint density at radius 3 is 1.81 bits per heavy atom. The van der Waals surface area contributed by atoms with Crippen molar-refractivity contribution in [2.75, 3.05) is 13.1 Å². The van der Waals surface area contributed by atoms with Crippen molar-refractivity contribution >= 4 is 30.1 Å². The van der Waals surface area contributed by atoms with Crippen LogP contribution in [0.3, 0.4) is 0 Å². The molecule has 1 fully saturated rings. The van der Waals surface area contributed by atoms with Crippen molar-refractivity contribution in [2.45, 2.75) is 38.6 Å². The molecule has 1 atom stereocenters. The molecule has 1 heterocycles. The fraction of sp³-hybridized carbons (Fsp3) is 0.267. The maximum Gasteiger partial charge on any atom is 0.0348 e. The van der Waals surface area contributed by atoms with Crippen LogP contribution in [0.4, 0.5) is 0 Å². The summed E-state index contributed by atoms with van der Waals surface area (Å²) in [6.45, 7) is 4.58. The number of rotatable bonds is 4. The van der Waals surface area contributed by atoms with E-state index in [4.69, 9.17) is 0 Å². The van der Waals surface area contributed by atoms with E-state index in [0.717, 1.165) is 25.9 Å². The molecule has 0 spiro atoms. The van der Waals surface area contributed by atoms with Gasteiger partial charge in [0.15, 0.2) is 0 Å². The lowest BCUT2D eigenvalue weighted by atomic mass is 9.85. The summed E-state index contributed by atoms with van der Waals surface area (Å²) in [6, 6.07) is 29.4. The molecule has 164 valence electrons. The number of benzene rings is 3. The van der Waals surface area contributed by atoms with E-state index >= 15 is 0 Å². The lowest BCUT2D eigenvalue weighted by Gasteiger charge is -2.37. The average molecular weight is 442 g/mol. The fourth-order valence-corrected chi connectivity index (χ4v) is 5.31. The van der Waals surface area contributed by atoms with Crippen molar-refractivity contribution in [3.63, 3.8) is 0 Å². The molecule has 32 heavy (non-hydrogen) atoms. The minimum absolute atomic E-state index is 0. The van der Waals surface area contributed by atoms with Gasteiger partial charge in [0.25, 0.3) is 0 Å². The monoisotopic (exact) mass is 441 g/mol. The number of fused-ring (bicyclic) bond motifs is 2. The minimum Gasteiger partial charge on any atom is -0.296 e. The summed E-state index contributed by atoms with van der Waals surface area (Å²) in [5, 5.41) is 0. The van der Waals surface area contributed by atoms with Gasteiger partial charge in [0.05, 0.1) is 0 Å². The number of hydrogen-bond donors (Lipinski definition) is 0. The van der Waals surface area contributed by atoms with Gasteiger partial charge in [-0.1, -0.05) is 110 Å². The predicted octanol–water partition coefficient (Wildman–Crippen LogP) is 8.03. The van der Waals surface area contributed by atoms with Crippen LogP contribution in [-0.4, -0.2) is 18.0 Å². The largest absolute Gasteiger partial charge is 0.296 e. The van der Waals surface area contributed by atoms with Crippen LogP contribution in [0.15, 0.2) is 84.4 Å². The van der Waals surface area contributed by atoms with Crippen LogP contribution in [0.2, 0.25) is 0 Å². The van der Waals surface area contributed by atoms with Gasteiger partial charge in [0.1, 0.15) is 0 Å². The third-order valence-electron chi connectivity index (χ3n) is 6.85. The standard InChI is InChI=1S/C30H31N.ClH/c1-2-10-29(25-13-4-3-5-14-25)31-21-19-26(20-22-31)30-27-15-8-6-11-23(27)17-18-24-12-7-9-16-28(24)30;/h3-9,11-18,29H,2,10,19-22H2,1H3;1H. The van der Waals surface area contributed by atoms with E-state index in [0.29, 0.717) is 6.04 Å². The van der Waals surface area contributed by atoms with Gasteiger partial charge in [-0.25, -0.2) is 0 Å². The van der Waals surface area contributed by atoms with Crippen molar-refractivity contribution in [1.82, 2.24) is 4.90 Å². The molecule has 0 radical (unpaired) electrons. The first-order valence-electron chi connectivity index (χ1n) is 11.7. The second-order valence-corrected chi connectivity index (χ2v) is 8.74. The highest BCUT2D eigenvalue weighted by molar-refractivity contribution is 5.94. The van der Waals surface area contributed by atoms with E-state index in [1.54, 1.807) is 5.57 Å². The number of piperidine rings is 1. The highest BCUT2D eigenvalue weighted by atomic mass is 35.5. The minimum atomic E-state index is 0. The van der Waals surface area contributed by atoms with Crippen LogP contribution < -0.4 is 0 Å². The predicted molar refractivity (Wildman–Crippen MR) is 140 cm³/mol. The summed E-state index contributed by atoms with van der Waals surface area (Å²) in [6.07, 6.45) is 9.30. The molecule has 1 aliphatic carbocycles. The Bertz CT molecular complexity index is 1050. The molecule has 5 rings (SSSR count). The maximum absolute atomic E-state index is 2.72. The van der Waals surface area contributed by atoms with Crippen LogP contribution in [-0.2, 0) is 0 Å². The second-order valence-electron chi connectivity index (χ2n) is 8.74. The highest BCUT2D eigenvalue weighted by Crippen LogP contribution is 2.40. The third kappa shape index (κ3) is 4.46. The molecule has 1 nitrogen and oxygen atoms in total. The molecule has 0 aromatic heterocycles. The van der Waals surface area contributed by atoms with Crippen LogP contribution in [0.1, 0.15) is 66.5 Å². The molecule has 0 saturated carbocycles. The summed E-state index contributed by atoms with van der Waals surface area (Å²) < 4.78 is 0. The molecule has 2 heteroatoms. The molecule has 3 aromatic carbocycles. The van der Waals surface area contributed by atoms with Crippen molar-refractivity contribution < 1.29 is 0 Å². The quantitative estimate of drug-likeness (QED) is 0.309. The van der Waals surface area contributed by atoms with Gasteiger partial charge in [-0.15, -0.1) is 12.4 Å². The molecule has 0 N–H and O–H groups in total. The SMILES string of the molecule is CCCC(c1ccccc1)N1CCC(=C2c3ccccc3C=Cc3ccccc32)CC1.Cl. The molecular formula is C30H32ClN. The van der Waals surface area contributed by atoms with Gasteiger partial charge < -0.3 is 0 Å². The summed E-state index contributed by atoms with van der Waals surface area (Å²) in [4.78, 5) is 2.72. The Labute approximate surface area is 198 Å². The van der Waals surface area contributed by atoms with Gasteiger partial charge in [0.2, 0.25) is 0 Å². The molecule has 2 aliphatic rings. The fourth-order valence-electron chi connectivity index (χ4n) is 5.31. The Balaban J connectivity index is 0.00000245. The normalized spacial score (nSPS) is 16.5. The zero-order valence-electron chi connectivity index (χ0n) is 18.8. The van der Waals surface area contributed by atoms with E-state index in [9.17, 15) is 0 Å². The van der Waals surface area contributed by atoms with E-state index in [2.05, 4.69) is 103 Å². The van der Waals surface area contributed by atoms with Crippen molar-refractivity contribution in [3.05, 3.63) is 112 Å². The van der Waals surface area contributed by atoms with Gasteiger partial charge in [-0.2, -0.15) is 0 Å². The first kappa shape index (κ1) is 22.6. The molecular weight excluding hydrogens is 410 g/mol. The van der Waals surface area contributed by atoms with E-state index in [1.807, 2.05) is 0 Å². The summed E-state index contributed by atoms with van der Waals surface area (Å²) in [5.74, 6) is 0. The zero-order valence-corrected chi connectivity index (χ0v) is 19.7. The van der Waals surface area contributed by atoms with Crippen LogP contribution >= 0.6 is 12.4 Å². The summed E-state index contributed by atoms with van der Waals surface area (Å²) >= 11 is 0.